The first-order valence-electron chi connectivity index (χ1n) is 16.1. The Kier molecular flexibility index (Phi) is 9.47. The van der Waals surface area contributed by atoms with E-state index in [1.165, 1.54) is 11.1 Å². The minimum absolute atomic E-state index is 0.137. The van der Waals surface area contributed by atoms with Crippen LogP contribution in [0.15, 0.2) is 66.7 Å². The van der Waals surface area contributed by atoms with Crippen molar-refractivity contribution in [2.75, 3.05) is 6.54 Å². The molecule has 0 aliphatic carbocycles. The lowest BCUT2D eigenvalue weighted by Gasteiger charge is -2.30. The molecule has 2 heterocycles. The Balaban J connectivity index is 1.70. The highest BCUT2D eigenvalue weighted by Gasteiger charge is 2.31. The Hall–Kier alpha value is -4.72. The van der Waals surface area contributed by atoms with Crippen molar-refractivity contribution < 1.29 is 24.2 Å². The predicted octanol–water partition coefficient (Wildman–Crippen LogP) is 7.86. The van der Waals surface area contributed by atoms with Gasteiger partial charge < -0.3 is 14.7 Å². The lowest BCUT2D eigenvalue weighted by atomic mass is 9.92. The van der Waals surface area contributed by atoms with E-state index in [2.05, 4.69) is 31.9 Å². The Bertz CT molecular complexity index is 1760. The molecule has 0 bridgehead atoms. The molecule has 3 aromatic carbocycles. The van der Waals surface area contributed by atoms with Crippen LogP contribution in [0.1, 0.15) is 114 Å². The van der Waals surface area contributed by atoms with Crippen LogP contribution in [0.25, 0.3) is 16.8 Å². The third kappa shape index (κ3) is 6.91. The number of rotatable bonds is 9. The second-order valence-corrected chi connectivity index (χ2v) is 13.2. The summed E-state index contributed by atoms with van der Waals surface area (Å²) in [5.41, 5.74) is 5.33. The first-order valence-corrected chi connectivity index (χ1v) is 16.1. The molecular weight excluding hydrogens is 578 g/mol. The number of carboxylic acid groups (broad SMARTS) is 1. The molecule has 1 aliphatic rings. The number of hydrogen-bond acceptors (Lipinski definition) is 5. The Labute approximate surface area is 271 Å². The van der Waals surface area contributed by atoms with Crippen LogP contribution >= 0.6 is 0 Å². The molecule has 0 saturated carbocycles. The summed E-state index contributed by atoms with van der Waals surface area (Å²) in [5, 5.41) is 15.1. The molecule has 0 saturated heterocycles. The van der Waals surface area contributed by atoms with Gasteiger partial charge in [0.1, 0.15) is 5.60 Å². The van der Waals surface area contributed by atoms with Gasteiger partial charge in [0.15, 0.2) is 5.69 Å². The number of esters is 1. The molecule has 46 heavy (non-hydrogen) atoms. The van der Waals surface area contributed by atoms with Gasteiger partial charge in [-0.15, -0.1) is 0 Å². The summed E-state index contributed by atoms with van der Waals surface area (Å²) >= 11 is 0. The normalized spacial score (nSPS) is 13.1. The molecule has 0 radical (unpaired) electrons. The maximum atomic E-state index is 14.4. The Morgan fingerprint density at radius 3 is 2.30 bits per heavy atom. The van der Waals surface area contributed by atoms with Crippen LogP contribution in [0.3, 0.4) is 0 Å². The smallest absolute Gasteiger partial charge is 0.357 e. The van der Waals surface area contributed by atoms with Crippen LogP contribution in [0.5, 0.6) is 0 Å². The van der Waals surface area contributed by atoms with E-state index in [1.54, 1.807) is 48.6 Å². The number of hydrogen-bond donors (Lipinski definition) is 1. The third-order valence-electron chi connectivity index (χ3n) is 8.33. The first-order chi connectivity index (χ1) is 21.9. The summed E-state index contributed by atoms with van der Waals surface area (Å²) in [6, 6.07) is 20.9. The van der Waals surface area contributed by atoms with Crippen molar-refractivity contribution in [3.05, 3.63) is 106 Å². The second-order valence-electron chi connectivity index (χ2n) is 13.2. The summed E-state index contributed by atoms with van der Waals surface area (Å²) in [7, 11) is 0. The van der Waals surface area contributed by atoms with Gasteiger partial charge in [-0.3, -0.25) is 4.79 Å². The van der Waals surface area contributed by atoms with Crippen molar-refractivity contribution in [2.45, 2.75) is 85.3 Å². The van der Waals surface area contributed by atoms with Crippen molar-refractivity contribution in [3.63, 3.8) is 0 Å². The molecule has 0 unspecified atom stereocenters. The fourth-order valence-electron chi connectivity index (χ4n) is 5.92. The summed E-state index contributed by atoms with van der Waals surface area (Å²) in [6.45, 7) is 12.6. The molecule has 1 aromatic heterocycles. The zero-order valence-electron chi connectivity index (χ0n) is 27.6. The highest BCUT2D eigenvalue weighted by atomic mass is 16.6. The number of aromatic nitrogens is 2. The van der Waals surface area contributed by atoms with Gasteiger partial charge in [-0.1, -0.05) is 69.7 Å². The van der Waals surface area contributed by atoms with Gasteiger partial charge in [-0.2, -0.15) is 5.10 Å². The van der Waals surface area contributed by atoms with Gasteiger partial charge in [0.25, 0.3) is 5.91 Å². The van der Waals surface area contributed by atoms with Gasteiger partial charge in [-0.25, -0.2) is 14.3 Å². The van der Waals surface area contributed by atoms with E-state index in [0.717, 1.165) is 24.1 Å². The first kappa shape index (κ1) is 32.7. The minimum Gasteiger partial charge on any atom is -0.476 e. The van der Waals surface area contributed by atoms with Crippen LogP contribution in [0.2, 0.25) is 0 Å². The van der Waals surface area contributed by atoms with Crippen molar-refractivity contribution in [3.8, 4) is 16.8 Å². The predicted molar refractivity (Wildman–Crippen MR) is 179 cm³/mol. The molecule has 4 aromatic rings. The van der Waals surface area contributed by atoms with Crippen molar-refractivity contribution in [2.24, 2.45) is 0 Å². The average molecular weight is 622 g/mol. The Morgan fingerprint density at radius 1 is 0.978 bits per heavy atom. The molecule has 0 spiro atoms. The number of carbonyl (C=O) groups is 3. The summed E-state index contributed by atoms with van der Waals surface area (Å²) < 4.78 is 7.35. The lowest BCUT2D eigenvalue weighted by molar-refractivity contribution is 0.00692. The van der Waals surface area contributed by atoms with Gasteiger partial charge in [0, 0.05) is 24.2 Å². The molecular formula is C38H43N3O5. The Morgan fingerprint density at radius 2 is 1.67 bits per heavy atom. The molecule has 1 aliphatic heterocycles. The van der Waals surface area contributed by atoms with Crippen LogP contribution in [-0.4, -0.2) is 49.8 Å². The number of nitrogens with zero attached hydrogens (tertiary/aromatic N) is 3. The molecule has 0 atom stereocenters. The molecule has 0 fully saturated rings. The van der Waals surface area contributed by atoms with Gasteiger partial charge in [0.05, 0.1) is 16.9 Å². The van der Waals surface area contributed by atoms with E-state index in [-0.39, 0.29) is 22.7 Å². The van der Waals surface area contributed by atoms with Gasteiger partial charge >= 0.3 is 11.9 Å². The van der Waals surface area contributed by atoms with Crippen LogP contribution in [0.4, 0.5) is 0 Å². The van der Waals surface area contributed by atoms with Crippen molar-refractivity contribution >= 4 is 17.8 Å². The van der Waals surface area contributed by atoms with E-state index in [9.17, 15) is 19.5 Å². The van der Waals surface area contributed by atoms with E-state index >= 15 is 0 Å². The van der Waals surface area contributed by atoms with Gasteiger partial charge in [0.2, 0.25) is 0 Å². The third-order valence-corrected chi connectivity index (χ3v) is 8.33. The number of aromatic carboxylic acids is 1. The molecule has 240 valence electrons. The number of benzene rings is 3. The number of ether oxygens (including phenoxy) is 1. The van der Waals surface area contributed by atoms with E-state index in [4.69, 9.17) is 4.74 Å². The van der Waals surface area contributed by atoms with Crippen molar-refractivity contribution in [1.82, 2.24) is 14.7 Å². The zero-order valence-corrected chi connectivity index (χ0v) is 27.6. The summed E-state index contributed by atoms with van der Waals surface area (Å²) in [5.74, 6) is -1.67. The number of carboxylic acids is 1. The van der Waals surface area contributed by atoms with Crippen LogP contribution in [0, 0.1) is 0 Å². The quantitative estimate of drug-likeness (QED) is 0.191. The number of carbonyl (C=O) groups excluding carboxylic acids is 2. The number of fused-ring (bicyclic) bond motifs is 1. The van der Waals surface area contributed by atoms with Crippen molar-refractivity contribution in [1.29, 1.82) is 0 Å². The molecule has 8 heteroatoms. The monoisotopic (exact) mass is 621 g/mol. The number of amides is 1. The fourth-order valence-corrected chi connectivity index (χ4v) is 5.92. The zero-order chi connectivity index (χ0) is 33.2. The summed E-state index contributed by atoms with van der Waals surface area (Å²) in [4.78, 5) is 42.2. The fraction of sp³-hybridized carbons (Fsp3) is 0.368. The molecule has 1 N–H and O–H groups in total. The van der Waals surface area contributed by atoms with E-state index in [1.807, 2.05) is 42.5 Å². The molecule has 5 rings (SSSR count). The van der Waals surface area contributed by atoms with Gasteiger partial charge in [-0.05, 0) is 92.5 Å². The minimum atomic E-state index is -1.19. The summed E-state index contributed by atoms with van der Waals surface area (Å²) in [6.07, 6.45) is 2.94. The number of unbranched alkanes of at least 4 members (excludes halogenated alkanes) is 1. The van der Waals surface area contributed by atoms with E-state index in [0.29, 0.717) is 48.7 Å². The standard InChI is InChI=1S/C38H43N3O5/c1-7-8-13-32-33(34(36(43)44)39-41(32)29-17-14-25(15-18-29)24(2)3)30-19-16-27(37(45)46-38(4,5)6)22-31(30)35(42)40-21-20-26-11-9-10-12-28(26)23-40/h9-12,14-19,22,24H,7-8,13,20-21,23H2,1-6H3,(H,43,44). The maximum Gasteiger partial charge on any atom is 0.357 e. The lowest BCUT2D eigenvalue weighted by Crippen LogP contribution is -2.36. The largest absolute Gasteiger partial charge is 0.476 e. The highest BCUT2D eigenvalue weighted by molar-refractivity contribution is 6.06. The average Bonchev–Trinajstić information content (AvgIpc) is 3.41. The van der Waals surface area contributed by atoms with E-state index < -0.39 is 17.5 Å². The topological polar surface area (TPSA) is 102 Å². The van der Waals surface area contributed by atoms with Crippen LogP contribution < -0.4 is 0 Å². The molecule has 8 nitrogen and oxygen atoms in total. The highest BCUT2D eigenvalue weighted by Crippen LogP contribution is 2.36. The second kappa shape index (κ2) is 13.3. The molecule has 1 amide bonds. The van der Waals surface area contributed by atoms with Crippen LogP contribution in [-0.2, 0) is 24.1 Å². The maximum absolute atomic E-state index is 14.4. The SMILES string of the molecule is CCCCc1c(-c2ccc(C(=O)OC(C)(C)C)cc2C(=O)N2CCc3ccccc3C2)c(C(=O)O)nn1-c1ccc(C(C)C)cc1.